The van der Waals surface area contributed by atoms with Gasteiger partial charge in [-0.25, -0.2) is 0 Å². The van der Waals surface area contributed by atoms with Gasteiger partial charge in [0.25, 0.3) is 5.91 Å². The molecule has 5 atom stereocenters. The van der Waals surface area contributed by atoms with Crippen LogP contribution in [0.3, 0.4) is 0 Å². The van der Waals surface area contributed by atoms with E-state index in [4.69, 9.17) is 4.74 Å². The molecule has 5 heteroatoms. The van der Waals surface area contributed by atoms with Gasteiger partial charge in [0.15, 0.2) is 5.75 Å². The second kappa shape index (κ2) is 7.65. The van der Waals surface area contributed by atoms with Crippen LogP contribution < -0.4 is 17.0 Å². The highest BCUT2D eigenvalue weighted by molar-refractivity contribution is 7.97. The fraction of sp³-hybridized carbons (Fsp3) is 0.944. The molecule has 2 aliphatic carbocycles. The summed E-state index contributed by atoms with van der Waals surface area (Å²) < 4.78 is 5.99. The molecule has 1 amide bonds. The SMILES string of the molecule is CCN(CC)C(=O)C[S+](C)C1C2CCC(C)(C1OC)C2(C)C.[Br-]. The van der Waals surface area contributed by atoms with Gasteiger partial charge in [-0.15, -0.1) is 0 Å². The Kier molecular flexibility index (Phi) is 7.09. The van der Waals surface area contributed by atoms with E-state index in [2.05, 4.69) is 40.9 Å². The molecule has 0 spiro atoms. The summed E-state index contributed by atoms with van der Waals surface area (Å²) in [5.41, 5.74) is 0.578. The Morgan fingerprint density at radius 2 is 1.83 bits per heavy atom. The molecule has 2 rings (SSSR count). The van der Waals surface area contributed by atoms with Gasteiger partial charge in [0.1, 0.15) is 11.4 Å². The zero-order valence-corrected chi connectivity index (χ0v) is 18.2. The summed E-state index contributed by atoms with van der Waals surface area (Å²) in [6.45, 7) is 13.0. The third-order valence-corrected chi connectivity index (χ3v) is 9.09. The van der Waals surface area contributed by atoms with Gasteiger partial charge in [0.2, 0.25) is 0 Å². The van der Waals surface area contributed by atoms with Gasteiger partial charge >= 0.3 is 0 Å². The van der Waals surface area contributed by atoms with Gasteiger partial charge < -0.3 is 26.6 Å². The first-order valence-electron chi connectivity index (χ1n) is 8.66. The zero-order valence-electron chi connectivity index (χ0n) is 15.8. The highest BCUT2D eigenvalue weighted by Gasteiger charge is 2.70. The summed E-state index contributed by atoms with van der Waals surface area (Å²) >= 11 is 0. The minimum absolute atomic E-state index is 0. The smallest absolute Gasteiger partial charge is 0.272 e. The summed E-state index contributed by atoms with van der Waals surface area (Å²) in [4.78, 5) is 14.5. The van der Waals surface area contributed by atoms with E-state index in [1.807, 2.05) is 12.0 Å². The second-order valence-corrected chi connectivity index (χ2v) is 10.0. The van der Waals surface area contributed by atoms with Crippen LogP contribution in [0.5, 0.6) is 0 Å². The summed E-state index contributed by atoms with van der Waals surface area (Å²) in [7, 11) is 1.95. The molecule has 0 N–H and O–H groups in total. The summed E-state index contributed by atoms with van der Waals surface area (Å²) in [6.07, 6.45) is 5.16. The van der Waals surface area contributed by atoms with Gasteiger partial charge in [0, 0.05) is 31.5 Å². The maximum Gasteiger partial charge on any atom is 0.272 e. The number of nitrogens with zero attached hydrogens (tertiary/aromatic N) is 1. The molecule has 0 saturated heterocycles. The van der Waals surface area contributed by atoms with E-state index in [9.17, 15) is 4.79 Å². The number of rotatable bonds is 6. The lowest BCUT2D eigenvalue weighted by Gasteiger charge is -2.38. The summed E-state index contributed by atoms with van der Waals surface area (Å²) in [5, 5.41) is 0.540. The van der Waals surface area contributed by atoms with E-state index in [1.165, 1.54) is 12.8 Å². The third-order valence-electron chi connectivity index (χ3n) is 6.88. The van der Waals surface area contributed by atoms with Crippen LogP contribution in [0.15, 0.2) is 0 Å². The predicted octanol–water partition coefficient (Wildman–Crippen LogP) is -0.0534. The van der Waals surface area contributed by atoms with Crippen LogP contribution in [0.1, 0.15) is 47.5 Å². The van der Waals surface area contributed by atoms with Crippen molar-refractivity contribution in [3.63, 3.8) is 0 Å². The van der Waals surface area contributed by atoms with Crippen molar-refractivity contribution in [1.29, 1.82) is 0 Å². The van der Waals surface area contributed by atoms with Crippen molar-refractivity contribution in [3.8, 4) is 0 Å². The molecule has 0 aromatic carbocycles. The van der Waals surface area contributed by atoms with Crippen LogP contribution in [-0.4, -0.2) is 54.4 Å². The van der Waals surface area contributed by atoms with E-state index in [0.717, 1.165) is 13.1 Å². The van der Waals surface area contributed by atoms with Crippen LogP contribution in [0.2, 0.25) is 0 Å². The maximum atomic E-state index is 12.5. The Hall–Kier alpha value is 0.260. The molecular formula is C18H34BrNO2S. The molecule has 136 valence electrons. The third kappa shape index (κ3) is 3.22. The monoisotopic (exact) mass is 407 g/mol. The van der Waals surface area contributed by atoms with Crippen molar-refractivity contribution in [3.05, 3.63) is 0 Å². The van der Waals surface area contributed by atoms with Gasteiger partial charge in [-0.2, -0.15) is 0 Å². The Labute approximate surface area is 156 Å². The minimum atomic E-state index is 0. The minimum Gasteiger partial charge on any atom is -1.00 e. The standard InChI is InChI=1S/C18H34NO2S.BrH/c1-8-19(9-2)14(20)12-22(7)15-13-10-11-18(5,16(15)21-6)17(13,3)4;/h13,15-16H,8-12H2,1-7H3;1H/q+1;/p-1. The lowest BCUT2D eigenvalue weighted by Crippen LogP contribution is -3.00. The molecule has 0 radical (unpaired) electrons. The largest absolute Gasteiger partial charge is 1.00 e. The van der Waals surface area contributed by atoms with E-state index < -0.39 is 0 Å². The molecule has 23 heavy (non-hydrogen) atoms. The summed E-state index contributed by atoms with van der Waals surface area (Å²) in [6, 6.07) is 0. The number of fused-ring (bicyclic) bond motifs is 2. The zero-order chi connectivity index (χ0) is 16.7. The fourth-order valence-corrected chi connectivity index (χ4v) is 7.70. The van der Waals surface area contributed by atoms with Crippen molar-refractivity contribution in [2.75, 3.05) is 32.2 Å². The lowest BCUT2D eigenvalue weighted by molar-refractivity contribution is -0.128. The molecule has 2 saturated carbocycles. The highest BCUT2D eigenvalue weighted by atomic mass is 79.9. The molecule has 0 aromatic heterocycles. The van der Waals surface area contributed by atoms with Crippen LogP contribution in [0, 0.1) is 16.7 Å². The average molecular weight is 408 g/mol. The first kappa shape index (κ1) is 21.3. The molecule has 0 aromatic rings. The van der Waals surface area contributed by atoms with Crippen molar-refractivity contribution >= 4 is 16.8 Å². The quantitative estimate of drug-likeness (QED) is 0.577. The fourth-order valence-electron chi connectivity index (χ4n) is 5.06. The van der Waals surface area contributed by atoms with Crippen LogP contribution >= 0.6 is 0 Å². The first-order valence-corrected chi connectivity index (χ1v) is 10.5. The van der Waals surface area contributed by atoms with E-state index in [1.54, 1.807) is 0 Å². The van der Waals surface area contributed by atoms with Gasteiger partial charge in [0.05, 0.1) is 6.26 Å². The lowest BCUT2D eigenvalue weighted by atomic mass is 9.70. The number of ether oxygens (including phenoxy) is 1. The number of halogens is 1. The average Bonchev–Trinajstić information content (AvgIpc) is 2.78. The number of hydrogen-bond donors (Lipinski definition) is 0. The molecular weight excluding hydrogens is 374 g/mol. The molecule has 3 nitrogen and oxygen atoms in total. The van der Waals surface area contributed by atoms with Crippen LogP contribution in [-0.2, 0) is 20.4 Å². The number of amides is 1. The predicted molar refractivity (Wildman–Crippen MR) is 95.3 cm³/mol. The molecule has 2 bridgehead atoms. The number of methoxy groups -OCH3 is 1. The maximum absolute atomic E-state index is 12.5. The number of hydrogen-bond acceptors (Lipinski definition) is 2. The Balaban J connectivity index is 0.00000264. The van der Waals surface area contributed by atoms with E-state index in [-0.39, 0.29) is 33.3 Å². The van der Waals surface area contributed by atoms with Crippen molar-refractivity contribution in [1.82, 2.24) is 4.90 Å². The molecule has 5 unspecified atom stereocenters. The van der Waals surface area contributed by atoms with E-state index in [0.29, 0.717) is 34.3 Å². The number of carbonyl (C=O) groups is 1. The van der Waals surface area contributed by atoms with Gasteiger partial charge in [-0.3, -0.25) is 4.79 Å². The topological polar surface area (TPSA) is 29.5 Å². The van der Waals surface area contributed by atoms with Crippen molar-refractivity contribution in [2.24, 2.45) is 16.7 Å². The van der Waals surface area contributed by atoms with Gasteiger partial charge in [-0.05, 0) is 43.0 Å². The van der Waals surface area contributed by atoms with Crippen LogP contribution in [0.25, 0.3) is 0 Å². The molecule has 0 aliphatic heterocycles. The number of carbonyl (C=O) groups excluding carboxylic acids is 1. The first-order chi connectivity index (χ1) is 10.2. The normalized spacial score (nSPS) is 35.7. The van der Waals surface area contributed by atoms with Crippen molar-refractivity contribution in [2.45, 2.75) is 58.8 Å². The van der Waals surface area contributed by atoms with E-state index >= 15 is 0 Å². The summed E-state index contributed by atoms with van der Waals surface area (Å²) in [5.74, 6) is 1.70. The Bertz CT molecular complexity index is 427. The van der Waals surface area contributed by atoms with Crippen molar-refractivity contribution < 1.29 is 26.5 Å². The Morgan fingerprint density at radius 3 is 2.30 bits per heavy atom. The molecule has 0 heterocycles. The second-order valence-electron chi connectivity index (χ2n) is 7.81. The highest BCUT2D eigenvalue weighted by Crippen LogP contribution is 2.67. The van der Waals surface area contributed by atoms with Crippen LogP contribution in [0.4, 0.5) is 0 Å². The molecule has 2 aliphatic rings. The van der Waals surface area contributed by atoms with Gasteiger partial charge in [-0.1, -0.05) is 20.8 Å². The Morgan fingerprint density at radius 1 is 1.26 bits per heavy atom. The molecule has 2 fully saturated rings.